The van der Waals surface area contributed by atoms with Gasteiger partial charge >= 0.3 is 11.9 Å². The number of phenolic OH excluding ortho intramolecular Hbond substituents is 1. The van der Waals surface area contributed by atoms with Crippen LogP contribution < -0.4 is 4.74 Å². The van der Waals surface area contributed by atoms with Crippen molar-refractivity contribution in [3.8, 4) is 11.5 Å². The summed E-state index contributed by atoms with van der Waals surface area (Å²) in [6.45, 7) is 1.60. The van der Waals surface area contributed by atoms with Gasteiger partial charge in [-0.3, -0.25) is 4.79 Å². The highest BCUT2D eigenvalue weighted by atomic mass is 16.5. The molecule has 0 bridgehead atoms. The van der Waals surface area contributed by atoms with Crippen LogP contribution in [0.4, 0.5) is 0 Å². The molecule has 0 amide bonds. The Balaban J connectivity index is 3.06. The van der Waals surface area contributed by atoms with E-state index in [9.17, 15) is 9.59 Å². The molecule has 2 N–H and O–H groups in total. The first-order valence-corrected chi connectivity index (χ1v) is 4.31. The van der Waals surface area contributed by atoms with E-state index < -0.39 is 11.9 Å². The second-order valence-electron chi connectivity index (χ2n) is 2.81. The SMILES string of the molecule is CCC(=O)Oc1ccc(O)cc1C(=O)O. The fraction of sp³-hybridized carbons (Fsp3) is 0.200. The van der Waals surface area contributed by atoms with Gasteiger partial charge in [-0.25, -0.2) is 4.79 Å². The van der Waals surface area contributed by atoms with E-state index in [1.807, 2.05) is 0 Å². The third-order valence-electron chi connectivity index (χ3n) is 1.71. The predicted octanol–water partition coefficient (Wildman–Crippen LogP) is 1.41. The van der Waals surface area contributed by atoms with Crippen LogP contribution in [0.15, 0.2) is 18.2 Å². The number of carbonyl (C=O) groups is 2. The summed E-state index contributed by atoms with van der Waals surface area (Å²) in [6.07, 6.45) is 0.153. The summed E-state index contributed by atoms with van der Waals surface area (Å²) < 4.78 is 4.78. The van der Waals surface area contributed by atoms with Crippen molar-refractivity contribution in [1.29, 1.82) is 0 Å². The Hall–Kier alpha value is -2.04. The molecule has 0 spiro atoms. The monoisotopic (exact) mass is 210 g/mol. The van der Waals surface area contributed by atoms with Crippen molar-refractivity contribution in [1.82, 2.24) is 0 Å². The second-order valence-corrected chi connectivity index (χ2v) is 2.81. The smallest absolute Gasteiger partial charge is 0.339 e. The number of rotatable bonds is 3. The number of esters is 1. The molecule has 1 aromatic carbocycles. The van der Waals surface area contributed by atoms with E-state index in [4.69, 9.17) is 14.9 Å². The molecule has 15 heavy (non-hydrogen) atoms. The van der Waals surface area contributed by atoms with Crippen molar-refractivity contribution < 1.29 is 24.5 Å². The molecule has 0 saturated heterocycles. The van der Waals surface area contributed by atoms with Gasteiger partial charge in [0.25, 0.3) is 0 Å². The molecule has 0 unspecified atom stereocenters. The van der Waals surface area contributed by atoms with Crippen LogP contribution in [0.25, 0.3) is 0 Å². The lowest BCUT2D eigenvalue weighted by Gasteiger charge is -2.06. The Kier molecular flexibility index (Phi) is 3.28. The van der Waals surface area contributed by atoms with Gasteiger partial charge in [0.1, 0.15) is 17.1 Å². The minimum absolute atomic E-state index is 0.0628. The zero-order valence-electron chi connectivity index (χ0n) is 8.06. The van der Waals surface area contributed by atoms with Gasteiger partial charge in [0.05, 0.1) is 0 Å². The molecule has 5 nitrogen and oxygen atoms in total. The van der Waals surface area contributed by atoms with Crippen LogP contribution in [-0.4, -0.2) is 22.2 Å². The highest BCUT2D eigenvalue weighted by Gasteiger charge is 2.14. The van der Waals surface area contributed by atoms with Gasteiger partial charge < -0.3 is 14.9 Å². The van der Waals surface area contributed by atoms with E-state index >= 15 is 0 Å². The number of aromatic carboxylic acids is 1. The lowest BCUT2D eigenvalue weighted by Crippen LogP contribution is -2.09. The number of carbonyl (C=O) groups excluding carboxylic acids is 1. The normalized spacial score (nSPS) is 9.67. The zero-order chi connectivity index (χ0) is 11.4. The van der Waals surface area contributed by atoms with Crippen molar-refractivity contribution in [3.63, 3.8) is 0 Å². The Bertz CT molecular complexity index is 397. The summed E-state index contributed by atoms with van der Waals surface area (Å²) >= 11 is 0. The van der Waals surface area contributed by atoms with Gasteiger partial charge in [0, 0.05) is 6.42 Å². The number of phenols is 1. The van der Waals surface area contributed by atoms with Crippen molar-refractivity contribution in [2.75, 3.05) is 0 Å². The van der Waals surface area contributed by atoms with Crippen molar-refractivity contribution in [2.45, 2.75) is 13.3 Å². The first-order chi connectivity index (χ1) is 7.04. The molecule has 1 aromatic rings. The lowest BCUT2D eigenvalue weighted by molar-refractivity contribution is -0.134. The summed E-state index contributed by atoms with van der Waals surface area (Å²) in [5.41, 5.74) is -0.239. The van der Waals surface area contributed by atoms with Crippen LogP contribution >= 0.6 is 0 Å². The number of carboxylic acid groups (broad SMARTS) is 1. The molecule has 0 radical (unpaired) electrons. The number of benzene rings is 1. The zero-order valence-corrected chi connectivity index (χ0v) is 8.06. The van der Waals surface area contributed by atoms with E-state index in [1.54, 1.807) is 6.92 Å². The molecule has 80 valence electrons. The predicted molar refractivity (Wildman–Crippen MR) is 51.0 cm³/mol. The summed E-state index contributed by atoms with van der Waals surface area (Å²) in [5.74, 6) is -2.04. The van der Waals surface area contributed by atoms with E-state index in [1.165, 1.54) is 12.1 Å². The Morgan fingerprint density at radius 2 is 2.07 bits per heavy atom. The lowest BCUT2D eigenvalue weighted by atomic mass is 10.2. The van der Waals surface area contributed by atoms with E-state index in [2.05, 4.69) is 0 Å². The molecule has 0 aliphatic carbocycles. The average Bonchev–Trinajstić information content (AvgIpc) is 2.20. The molecule has 0 aromatic heterocycles. The number of carboxylic acids is 1. The molecule has 0 aliphatic heterocycles. The average molecular weight is 210 g/mol. The second kappa shape index (κ2) is 4.45. The maximum absolute atomic E-state index is 11.0. The van der Waals surface area contributed by atoms with E-state index in [-0.39, 0.29) is 23.5 Å². The van der Waals surface area contributed by atoms with Gasteiger partial charge in [0.15, 0.2) is 0 Å². The summed E-state index contributed by atoms with van der Waals surface area (Å²) in [5, 5.41) is 17.8. The molecule has 0 fully saturated rings. The largest absolute Gasteiger partial charge is 0.508 e. The third kappa shape index (κ3) is 2.70. The minimum atomic E-state index is -1.26. The molecule has 0 atom stereocenters. The number of ether oxygens (including phenoxy) is 1. The maximum Gasteiger partial charge on any atom is 0.339 e. The first-order valence-electron chi connectivity index (χ1n) is 4.31. The number of hydrogen-bond donors (Lipinski definition) is 2. The topological polar surface area (TPSA) is 83.8 Å². The summed E-state index contributed by atoms with van der Waals surface area (Å²) in [6, 6.07) is 3.53. The summed E-state index contributed by atoms with van der Waals surface area (Å²) in [4.78, 5) is 21.7. The van der Waals surface area contributed by atoms with Crippen LogP contribution in [0, 0.1) is 0 Å². The van der Waals surface area contributed by atoms with E-state index in [0.29, 0.717) is 0 Å². The third-order valence-corrected chi connectivity index (χ3v) is 1.71. The Morgan fingerprint density at radius 1 is 1.40 bits per heavy atom. The number of aromatic hydroxyl groups is 1. The van der Waals surface area contributed by atoms with Gasteiger partial charge in [-0.1, -0.05) is 6.92 Å². The molecule has 0 saturated carbocycles. The maximum atomic E-state index is 11.0. The number of hydrogen-bond acceptors (Lipinski definition) is 4. The first kappa shape index (κ1) is 11.0. The molecular weight excluding hydrogens is 200 g/mol. The molecule has 0 aliphatic rings. The van der Waals surface area contributed by atoms with Crippen molar-refractivity contribution in [2.24, 2.45) is 0 Å². The highest BCUT2D eigenvalue weighted by molar-refractivity contribution is 5.92. The molecule has 1 rings (SSSR count). The van der Waals surface area contributed by atoms with E-state index in [0.717, 1.165) is 6.07 Å². The van der Waals surface area contributed by atoms with Crippen LogP contribution in [0.1, 0.15) is 23.7 Å². The fourth-order valence-corrected chi connectivity index (χ4v) is 0.969. The van der Waals surface area contributed by atoms with Gasteiger partial charge in [-0.05, 0) is 18.2 Å². The van der Waals surface area contributed by atoms with Crippen LogP contribution in [-0.2, 0) is 4.79 Å². The quantitative estimate of drug-likeness (QED) is 0.582. The standard InChI is InChI=1S/C10H10O5/c1-2-9(12)15-8-4-3-6(11)5-7(8)10(13)14/h3-5,11H,2H2,1H3,(H,13,14). The van der Waals surface area contributed by atoms with Gasteiger partial charge in [-0.15, -0.1) is 0 Å². The van der Waals surface area contributed by atoms with Crippen molar-refractivity contribution in [3.05, 3.63) is 23.8 Å². The highest BCUT2D eigenvalue weighted by Crippen LogP contribution is 2.23. The Morgan fingerprint density at radius 3 is 2.60 bits per heavy atom. The van der Waals surface area contributed by atoms with Crippen LogP contribution in [0.2, 0.25) is 0 Å². The van der Waals surface area contributed by atoms with Crippen LogP contribution in [0.5, 0.6) is 11.5 Å². The molecule has 0 heterocycles. The summed E-state index contributed by atoms with van der Waals surface area (Å²) in [7, 11) is 0. The minimum Gasteiger partial charge on any atom is -0.508 e. The van der Waals surface area contributed by atoms with Crippen LogP contribution in [0.3, 0.4) is 0 Å². The van der Waals surface area contributed by atoms with Crippen molar-refractivity contribution >= 4 is 11.9 Å². The fourth-order valence-electron chi connectivity index (χ4n) is 0.969. The van der Waals surface area contributed by atoms with Gasteiger partial charge in [-0.2, -0.15) is 0 Å². The van der Waals surface area contributed by atoms with Gasteiger partial charge in [0.2, 0.25) is 0 Å². The molecule has 5 heteroatoms. The Labute approximate surface area is 85.9 Å². The molecular formula is C10H10O5.